The summed E-state index contributed by atoms with van der Waals surface area (Å²) in [5.74, 6) is -1.70. The van der Waals surface area contributed by atoms with Crippen molar-refractivity contribution in [1.82, 2.24) is 10.2 Å². The van der Waals surface area contributed by atoms with Crippen LogP contribution in [-0.2, 0) is 0 Å². The smallest absolute Gasteiger partial charge is 0.409 e. The lowest BCUT2D eigenvalue weighted by atomic mass is 10.2. The highest BCUT2D eigenvalue weighted by molar-refractivity contribution is 5.65. The zero-order valence-electron chi connectivity index (χ0n) is 6.30. The molecule has 4 nitrogen and oxygen atoms in total. The van der Waals surface area contributed by atoms with Crippen molar-refractivity contribution >= 4 is 6.09 Å². The number of carboxylic acid groups (broad SMARTS) is 1. The molecule has 5 heteroatoms. The third-order valence-corrected chi connectivity index (χ3v) is 1.97. The van der Waals surface area contributed by atoms with Crippen molar-refractivity contribution < 1.29 is 14.3 Å². The average molecular weight is 162 g/mol. The summed E-state index contributed by atoms with van der Waals surface area (Å²) in [5, 5.41) is 11.2. The molecule has 0 aromatic heterocycles. The summed E-state index contributed by atoms with van der Waals surface area (Å²) in [7, 11) is 1.25. The Labute approximate surface area is 64.0 Å². The number of hydrogen-bond acceptors (Lipinski definition) is 2. The van der Waals surface area contributed by atoms with Crippen LogP contribution in [0.3, 0.4) is 0 Å². The van der Waals surface area contributed by atoms with Gasteiger partial charge in [-0.25, -0.2) is 9.18 Å². The van der Waals surface area contributed by atoms with Gasteiger partial charge < -0.3 is 10.4 Å². The van der Waals surface area contributed by atoms with Crippen LogP contribution in [-0.4, -0.2) is 42.0 Å². The minimum Gasteiger partial charge on any atom is -0.465 e. The predicted octanol–water partition coefficient (Wildman–Crippen LogP) is 0.255. The lowest BCUT2D eigenvalue weighted by molar-refractivity contribution is 0.0122. The molecule has 1 fully saturated rings. The van der Waals surface area contributed by atoms with E-state index in [1.165, 1.54) is 7.05 Å². The molecule has 0 bridgehead atoms. The zero-order valence-corrected chi connectivity index (χ0v) is 6.30. The lowest BCUT2D eigenvalue weighted by Crippen LogP contribution is -2.47. The second kappa shape index (κ2) is 2.65. The van der Waals surface area contributed by atoms with Gasteiger partial charge in [-0.05, 0) is 0 Å². The zero-order chi connectivity index (χ0) is 8.48. The molecule has 1 aliphatic heterocycles. The Bertz CT molecular complexity index is 168. The third kappa shape index (κ3) is 1.42. The Balaban J connectivity index is 2.63. The summed E-state index contributed by atoms with van der Waals surface area (Å²) in [6.07, 6.45) is -0.994. The molecule has 0 aromatic carbocycles. The van der Waals surface area contributed by atoms with E-state index >= 15 is 0 Å². The molecule has 0 saturated carbocycles. The van der Waals surface area contributed by atoms with E-state index in [1.54, 1.807) is 0 Å². The van der Waals surface area contributed by atoms with Crippen LogP contribution < -0.4 is 5.32 Å². The molecule has 11 heavy (non-hydrogen) atoms. The first-order valence-corrected chi connectivity index (χ1v) is 3.43. The highest BCUT2D eigenvalue weighted by atomic mass is 19.1. The second-order valence-electron chi connectivity index (χ2n) is 2.69. The molecule has 1 unspecified atom stereocenters. The van der Waals surface area contributed by atoms with Crippen LogP contribution in [0.2, 0.25) is 0 Å². The van der Waals surface area contributed by atoms with Crippen LogP contribution >= 0.6 is 0 Å². The van der Waals surface area contributed by atoms with Crippen molar-refractivity contribution in [3.05, 3.63) is 0 Å². The Morgan fingerprint density at radius 3 is 2.82 bits per heavy atom. The summed E-state index contributed by atoms with van der Waals surface area (Å²) in [6, 6.07) is 0. The molecule has 0 radical (unpaired) electrons. The van der Waals surface area contributed by atoms with Crippen molar-refractivity contribution in [3.8, 4) is 0 Å². The molecule has 1 saturated heterocycles. The van der Waals surface area contributed by atoms with Crippen LogP contribution in [0.1, 0.15) is 6.42 Å². The molecule has 0 aromatic rings. The van der Waals surface area contributed by atoms with Crippen molar-refractivity contribution in [3.63, 3.8) is 0 Å². The van der Waals surface area contributed by atoms with Gasteiger partial charge in [0.25, 0.3) is 0 Å². The Morgan fingerprint density at radius 2 is 2.45 bits per heavy atom. The normalized spacial score (nSPS) is 30.4. The van der Waals surface area contributed by atoms with Crippen molar-refractivity contribution in [2.45, 2.75) is 12.2 Å². The van der Waals surface area contributed by atoms with Crippen LogP contribution in [0.4, 0.5) is 9.18 Å². The Morgan fingerprint density at radius 1 is 1.82 bits per heavy atom. The van der Waals surface area contributed by atoms with E-state index in [4.69, 9.17) is 5.11 Å². The molecular formula is C6H11FN2O2. The first kappa shape index (κ1) is 8.26. The van der Waals surface area contributed by atoms with Gasteiger partial charge in [0.1, 0.15) is 0 Å². The molecule has 64 valence electrons. The van der Waals surface area contributed by atoms with E-state index in [9.17, 15) is 9.18 Å². The minimum absolute atomic E-state index is 0.0931. The number of alkyl halides is 1. The van der Waals surface area contributed by atoms with Crippen molar-refractivity contribution in [1.29, 1.82) is 0 Å². The molecule has 1 amide bonds. The van der Waals surface area contributed by atoms with Crippen LogP contribution in [0, 0.1) is 0 Å². The van der Waals surface area contributed by atoms with Gasteiger partial charge in [-0.2, -0.15) is 0 Å². The van der Waals surface area contributed by atoms with Crippen LogP contribution in [0.5, 0.6) is 0 Å². The van der Waals surface area contributed by atoms with Gasteiger partial charge in [0.2, 0.25) is 5.79 Å². The Kier molecular flexibility index (Phi) is 1.99. The molecule has 1 rings (SSSR count). The molecule has 0 spiro atoms. The standard InChI is InChI=1S/C6H11FN2O2/c1-9(5(10)11)6(7)2-3-8-4-6/h8H,2-4H2,1H3,(H,10,11). The highest BCUT2D eigenvalue weighted by Crippen LogP contribution is 2.22. The molecule has 1 aliphatic rings. The summed E-state index contributed by atoms with van der Waals surface area (Å²) in [4.78, 5) is 11.1. The van der Waals surface area contributed by atoms with Crippen LogP contribution in [0.15, 0.2) is 0 Å². The molecule has 1 atom stereocenters. The number of hydrogen-bond donors (Lipinski definition) is 2. The van der Waals surface area contributed by atoms with Gasteiger partial charge in [-0.1, -0.05) is 0 Å². The molecule has 0 aliphatic carbocycles. The lowest BCUT2D eigenvalue weighted by Gasteiger charge is -2.27. The van der Waals surface area contributed by atoms with Gasteiger partial charge in [0, 0.05) is 26.6 Å². The SMILES string of the molecule is CN(C(=O)O)C1(F)CCNC1. The van der Waals surface area contributed by atoms with Gasteiger partial charge >= 0.3 is 6.09 Å². The number of rotatable bonds is 1. The maximum absolute atomic E-state index is 13.4. The number of likely N-dealkylation sites (N-methyl/N-ethyl adjacent to an activating group) is 1. The van der Waals surface area contributed by atoms with Crippen LogP contribution in [0.25, 0.3) is 0 Å². The monoisotopic (exact) mass is 162 g/mol. The maximum Gasteiger partial charge on any atom is 0.409 e. The van der Waals surface area contributed by atoms with Gasteiger partial charge in [-0.3, -0.25) is 4.90 Å². The predicted molar refractivity (Wildman–Crippen MR) is 37.1 cm³/mol. The number of amides is 1. The first-order chi connectivity index (χ1) is 5.06. The summed E-state index contributed by atoms with van der Waals surface area (Å²) >= 11 is 0. The maximum atomic E-state index is 13.4. The topological polar surface area (TPSA) is 52.6 Å². The largest absolute Gasteiger partial charge is 0.465 e. The fourth-order valence-electron chi connectivity index (χ4n) is 1.11. The number of halogens is 1. The summed E-state index contributed by atoms with van der Waals surface area (Å²) in [6.45, 7) is 0.629. The van der Waals surface area contributed by atoms with E-state index in [1.807, 2.05) is 0 Å². The highest BCUT2D eigenvalue weighted by Gasteiger charge is 2.40. The molecular weight excluding hydrogens is 151 g/mol. The fourth-order valence-corrected chi connectivity index (χ4v) is 1.11. The quantitative estimate of drug-likeness (QED) is 0.543. The van der Waals surface area contributed by atoms with E-state index in [2.05, 4.69) is 5.32 Å². The first-order valence-electron chi connectivity index (χ1n) is 3.43. The van der Waals surface area contributed by atoms with E-state index < -0.39 is 11.9 Å². The molecule has 1 heterocycles. The van der Waals surface area contributed by atoms with Crippen molar-refractivity contribution in [2.75, 3.05) is 20.1 Å². The second-order valence-corrected chi connectivity index (χ2v) is 2.69. The summed E-state index contributed by atoms with van der Waals surface area (Å²) < 4.78 is 13.4. The Hall–Kier alpha value is -0.840. The number of carbonyl (C=O) groups is 1. The van der Waals surface area contributed by atoms with E-state index in [0.717, 1.165) is 0 Å². The van der Waals surface area contributed by atoms with Crippen molar-refractivity contribution in [2.24, 2.45) is 0 Å². The number of nitrogens with one attached hydrogen (secondary N) is 1. The van der Waals surface area contributed by atoms with Gasteiger partial charge in [0.15, 0.2) is 0 Å². The number of nitrogens with zero attached hydrogens (tertiary/aromatic N) is 1. The van der Waals surface area contributed by atoms with E-state index in [0.29, 0.717) is 11.4 Å². The minimum atomic E-state index is -1.70. The van der Waals surface area contributed by atoms with Gasteiger partial charge in [-0.15, -0.1) is 0 Å². The molecule has 2 N–H and O–H groups in total. The van der Waals surface area contributed by atoms with E-state index in [-0.39, 0.29) is 13.0 Å². The van der Waals surface area contributed by atoms with Gasteiger partial charge in [0.05, 0.1) is 0 Å². The average Bonchev–Trinajstić information content (AvgIpc) is 2.35. The third-order valence-electron chi connectivity index (χ3n) is 1.97. The fraction of sp³-hybridized carbons (Fsp3) is 0.833. The summed E-state index contributed by atoms with van der Waals surface area (Å²) in [5.41, 5.74) is 0.